The summed E-state index contributed by atoms with van der Waals surface area (Å²) in [4.78, 5) is 12.6. The van der Waals surface area contributed by atoms with Crippen LogP contribution in [0, 0.1) is 11.7 Å². The number of rotatable bonds is 12. The number of nitrogens with one attached hydrogen (secondary N) is 4. The molecule has 4 heterocycles. The zero-order valence-corrected chi connectivity index (χ0v) is 24.6. The number of hydrogen-bond donors (Lipinski definition) is 4. The van der Waals surface area contributed by atoms with Crippen molar-refractivity contribution in [1.29, 1.82) is 0 Å². The monoisotopic (exact) mass is 598 g/mol. The Morgan fingerprint density at radius 3 is 2.28 bits per heavy atom. The van der Waals surface area contributed by atoms with Gasteiger partial charge in [-0.15, -0.1) is 0 Å². The van der Waals surface area contributed by atoms with Crippen molar-refractivity contribution in [2.45, 2.75) is 30.8 Å². The van der Waals surface area contributed by atoms with Gasteiger partial charge in [-0.3, -0.25) is 19.4 Å². The summed E-state index contributed by atoms with van der Waals surface area (Å²) in [6.07, 6.45) is 11.8. The van der Waals surface area contributed by atoms with Gasteiger partial charge in [-0.25, -0.2) is 9.37 Å². The zero-order chi connectivity index (χ0) is 29.4. The number of H-pyrrole nitrogens is 2. The molecule has 2 aromatic carbocycles. The van der Waals surface area contributed by atoms with Crippen molar-refractivity contribution in [3.63, 3.8) is 0 Å². The summed E-state index contributed by atoms with van der Waals surface area (Å²) in [5.74, 6) is 5.94. The second-order valence-corrected chi connectivity index (χ2v) is 12.4. The molecule has 1 aliphatic rings. The third kappa shape index (κ3) is 7.92. The highest BCUT2D eigenvalue weighted by molar-refractivity contribution is 8.12. The lowest BCUT2D eigenvalue weighted by molar-refractivity contribution is 0.171. The average Bonchev–Trinajstić information content (AvgIpc) is 3.74. The lowest BCUT2D eigenvalue weighted by atomic mass is 9.98. The molecule has 0 spiro atoms. The Labute approximate surface area is 252 Å². The molecule has 4 N–H and O–H groups in total. The Hall–Kier alpha value is -4.39. The molecule has 0 bridgehead atoms. The predicted octanol–water partition coefficient (Wildman–Crippen LogP) is 5.94. The Morgan fingerprint density at radius 1 is 0.930 bits per heavy atom. The van der Waals surface area contributed by atoms with Gasteiger partial charge in [-0.05, 0) is 73.4 Å². The van der Waals surface area contributed by atoms with Crippen LogP contribution in [0.15, 0.2) is 90.5 Å². The summed E-state index contributed by atoms with van der Waals surface area (Å²) in [7, 11) is -0.262. The van der Waals surface area contributed by atoms with Crippen LogP contribution >= 0.6 is 10.7 Å². The van der Waals surface area contributed by atoms with E-state index in [0.29, 0.717) is 17.7 Å². The van der Waals surface area contributed by atoms with Crippen LogP contribution in [0.5, 0.6) is 0 Å². The van der Waals surface area contributed by atoms with E-state index in [2.05, 4.69) is 68.2 Å². The van der Waals surface area contributed by atoms with Crippen LogP contribution in [0.4, 0.5) is 27.5 Å². The van der Waals surface area contributed by atoms with Crippen LogP contribution in [-0.4, -0.2) is 65.1 Å². The zero-order valence-electron chi connectivity index (χ0n) is 23.8. The fourth-order valence-corrected chi connectivity index (χ4v) is 6.80. The highest BCUT2D eigenvalue weighted by Gasteiger charge is 2.24. The fraction of sp³-hybridized carbons (Fsp3) is 0.258. The van der Waals surface area contributed by atoms with Gasteiger partial charge in [0.25, 0.3) is 0 Å². The van der Waals surface area contributed by atoms with Gasteiger partial charge in [0.2, 0.25) is 5.95 Å². The minimum absolute atomic E-state index is 0.262. The highest BCUT2D eigenvalue weighted by atomic mass is 32.2. The maximum absolute atomic E-state index is 13.2. The molecular weight excluding hydrogens is 563 g/mol. The topological polar surface area (TPSA) is 114 Å². The maximum atomic E-state index is 13.2. The van der Waals surface area contributed by atoms with E-state index in [0.717, 1.165) is 50.5 Å². The molecule has 6 rings (SSSR count). The van der Waals surface area contributed by atoms with Gasteiger partial charge in [-0.2, -0.15) is 15.2 Å². The largest absolute Gasteiger partial charge is 0.340 e. The molecule has 0 saturated carbocycles. The molecular formula is C31H35FN10S. The molecule has 2 atom stereocenters. The van der Waals surface area contributed by atoms with E-state index in [1.54, 1.807) is 24.4 Å². The summed E-state index contributed by atoms with van der Waals surface area (Å²) in [6, 6.07) is 16.3. The normalized spacial score (nSPS) is 16.3. The number of nitrogens with zero attached hydrogens (tertiary/aromatic N) is 6. The maximum Gasteiger partial charge on any atom is 0.229 e. The van der Waals surface area contributed by atoms with Gasteiger partial charge in [0.05, 0.1) is 12.4 Å². The summed E-state index contributed by atoms with van der Waals surface area (Å²) >= 11 is 0. The number of hydrogen-bond acceptors (Lipinski definition) is 8. The van der Waals surface area contributed by atoms with Crippen LogP contribution in [0.2, 0.25) is 0 Å². The van der Waals surface area contributed by atoms with Gasteiger partial charge >= 0.3 is 0 Å². The molecule has 43 heavy (non-hydrogen) atoms. The van der Waals surface area contributed by atoms with E-state index in [9.17, 15) is 4.39 Å². The minimum atomic E-state index is -0.279. The summed E-state index contributed by atoms with van der Waals surface area (Å²) in [5.41, 5.74) is 4.01. The average molecular weight is 599 g/mol. The Bertz CT molecular complexity index is 1550. The molecule has 1 saturated heterocycles. The first-order valence-corrected chi connectivity index (χ1v) is 15.6. The molecule has 5 aromatic rings. The first-order chi connectivity index (χ1) is 21.1. The van der Waals surface area contributed by atoms with Gasteiger partial charge in [0, 0.05) is 78.7 Å². The minimum Gasteiger partial charge on any atom is -0.340 e. The Morgan fingerprint density at radius 2 is 1.60 bits per heavy atom. The van der Waals surface area contributed by atoms with Crippen molar-refractivity contribution in [1.82, 2.24) is 39.6 Å². The van der Waals surface area contributed by atoms with E-state index in [1.165, 1.54) is 34.6 Å². The Balaban J connectivity index is 1.05. The molecule has 3 aromatic heterocycles. The summed E-state index contributed by atoms with van der Waals surface area (Å²) < 4.78 is 15.7. The van der Waals surface area contributed by atoms with E-state index >= 15 is 0 Å². The van der Waals surface area contributed by atoms with Crippen LogP contribution in [0.25, 0.3) is 0 Å². The number of piperidine rings is 1. The van der Waals surface area contributed by atoms with Crippen LogP contribution in [-0.2, 0) is 13.1 Å². The van der Waals surface area contributed by atoms with Crippen LogP contribution in [0.1, 0.15) is 24.0 Å². The third-order valence-electron chi connectivity index (χ3n) is 7.39. The highest BCUT2D eigenvalue weighted by Crippen LogP contribution is 2.34. The third-order valence-corrected chi connectivity index (χ3v) is 9.16. The second-order valence-electron chi connectivity index (χ2n) is 10.7. The molecule has 0 amide bonds. The lowest BCUT2D eigenvalue weighted by Crippen LogP contribution is -2.38. The SMILES string of the molecule is C=S(c1ccc(Nc2nccc(Nc3ccc(F)cc3)n2)cc1)N1CCCC(CN(Cc2cn[nH]c2)Cc2cn[nH]c2)C1. The van der Waals surface area contributed by atoms with E-state index in [-0.39, 0.29) is 16.5 Å². The molecule has 1 aliphatic heterocycles. The van der Waals surface area contributed by atoms with E-state index in [4.69, 9.17) is 0 Å². The van der Waals surface area contributed by atoms with Crippen molar-refractivity contribution in [3.8, 4) is 0 Å². The molecule has 1 fully saturated rings. The standard InChI is InChI=1S/C31H35FN10S/c1-43(42-14-2-3-23(22-42)19-41(20-24-15-34-35-16-24)21-25-17-36-37-18-25)29-10-8-28(9-11-29)39-31-33-13-12-30(40-31)38-27-6-4-26(32)5-7-27/h4-13,15-18,23H,1-3,14,19-22H2,(H,34,35)(H,36,37)(H2,33,38,39,40). The lowest BCUT2D eigenvalue weighted by Gasteiger charge is -2.37. The van der Waals surface area contributed by atoms with Gasteiger partial charge in [0.1, 0.15) is 11.6 Å². The molecule has 10 nitrogen and oxygen atoms in total. The quantitative estimate of drug-likeness (QED) is 0.131. The molecule has 2 unspecified atom stereocenters. The van der Waals surface area contributed by atoms with Gasteiger partial charge in [-0.1, -0.05) is 16.5 Å². The first kappa shape index (κ1) is 28.7. The molecule has 222 valence electrons. The molecule has 12 heteroatoms. The Kier molecular flexibility index (Phi) is 9.16. The summed E-state index contributed by atoms with van der Waals surface area (Å²) in [5, 5.41) is 20.6. The van der Waals surface area contributed by atoms with E-state index in [1.807, 2.05) is 36.9 Å². The van der Waals surface area contributed by atoms with Gasteiger partial charge < -0.3 is 10.6 Å². The number of anilines is 4. The predicted molar refractivity (Wildman–Crippen MR) is 170 cm³/mol. The number of aromatic nitrogens is 6. The van der Waals surface area contributed by atoms with Crippen molar-refractivity contribution < 1.29 is 4.39 Å². The number of benzene rings is 2. The van der Waals surface area contributed by atoms with Gasteiger partial charge in [0.15, 0.2) is 0 Å². The van der Waals surface area contributed by atoms with Crippen molar-refractivity contribution in [2.75, 3.05) is 30.3 Å². The van der Waals surface area contributed by atoms with Crippen molar-refractivity contribution in [3.05, 3.63) is 103 Å². The smallest absolute Gasteiger partial charge is 0.229 e. The van der Waals surface area contributed by atoms with Crippen molar-refractivity contribution in [2.24, 2.45) is 5.92 Å². The van der Waals surface area contributed by atoms with Crippen LogP contribution in [0.3, 0.4) is 0 Å². The van der Waals surface area contributed by atoms with E-state index < -0.39 is 0 Å². The molecule has 0 radical (unpaired) electrons. The fourth-order valence-electron chi connectivity index (χ4n) is 5.31. The molecule has 0 aliphatic carbocycles. The van der Waals surface area contributed by atoms with Crippen molar-refractivity contribution >= 4 is 39.7 Å². The second kappa shape index (κ2) is 13.7. The number of halogens is 1. The van der Waals surface area contributed by atoms with Crippen LogP contribution < -0.4 is 10.6 Å². The number of aromatic amines is 2. The first-order valence-electron chi connectivity index (χ1n) is 14.3. The summed E-state index contributed by atoms with van der Waals surface area (Å²) in [6.45, 7) is 4.76.